The number of para-hydroxylation sites is 1. The summed E-state index contributed by atoms with van der Waals surface area (Å²) in [5.74, 6) is -1.36. The van der Waals surface area contributed by atoms with Crippen LogP contribution < -0.4 is 10.6 Å². The van der Waals surface area contributed by atoms with E-state index in [1.807, 2.05) is 0 Å². The van der Waals surface area contributed by atoms with Crippen molar-refractivity contribution in [2.24, 2.45) is 0 Å². The summed E-state index contributed by atoms with van der Waals surface area (Å²) in [5.41, 5.74) is 0.548. The molecule has 0 aromatic heterocycles. The second-order valence-corrected chi connectivity index (χ2v) is 4.53. The summed E-state index contributed by atoms with van der Waals surface area (Å²) in [5, 5.41) is 5.00. The number of halogens is 1. The molecular weight excluding hydrogens is 271 g/mol. The van der Waals surface area contributed by atoms with Crippen LogP contribution in [0.5, 0.6) is 0 Å². The maximum Gasteiger partial charge on any atom is 0.251 e. The van der Waals surface area contributed by atoms with E-state index in [0.29, 0.717) is 5.56 Å². The van der Waals surface area contributed by atoms with Crippen molar-refractivity contribution < 1.29 is 14.0 Å². The van der Waals surface area contributed by atoms with Gasteiger partial charge in [0.15, 0.2) is 0 Å². The Morgan fingerprint density at radius 2 is 1.62 bits per heavy atom. The molecule has 2 amide bonds. The highest BCUT2D eigenvalue weighted by Gasteiger charge is 2.17. The van der Waals surface area contributed by atoms with Gasteiger partial charge >= 0.3 is 0 Å². The van der Waals surface area contributed by atoms with E-state index in [-0.39, 0.29) is 11.6 Å². The highest BCUT2D eigenvalue weighted by molar-refractivity contribution is 6.00. The van der Waals surface area contributed by atoms with Crippen LogP contribution in [0.1, 0.15) is 17.3 Å². The maximum absolute atomic E-state index is 13.4. The fourth-order valence-corrected chi connectivity index (χ4v) is 1.74. The first-order valence-corrected chi connectivity index (χ1v) is 6.49. The molecule has 0 saturated heterocycles. The van der Waals surface area contributed by atoms with Crippen LogP contribution in [0.3, 0.4) is 0 Å². The molecule has 2 aromatic rings. The molecule has 2 aromatic carbocycles. The topological polar surface area (TPSA) is 58.2 Å². The van der Waals surface area contributed by atoms with Crippen LogP contribution in [-0.2, 0) is 4.79 Å². The van der Waals surface area contributed by atoms with E-state index in [1.165, 1.54) is 25.1 Å². The summed E-state index contributed by atoms with van der Waals surface area (Å²) in [6, 6.07) is 13.6. The van der Waals surface area contributed by atoms with E-state index in [0.717, 1.165) is 0 Å². The average Bonchev–Trinajstić information content (AvgIpc) is 2.50. The molecule has 0 heterocycles. The Labute approximate surface area is 122 Å². The van der Waals surface area contributed by atoms with Crippen molar-refractivity contribution in [2.75, 3.05) is 5.32 Å². The molecule has 0 spiro atoms. The van der Waals surface area contributed by atoms with Gasteiger partial charge < -0.3 is 10.6 Å². The zero-order valence-corrected chi connectivity index (χ0v) is 11.5. The standard InChI is InChI=1S/C16H15FN2O2/c1-11(18-16(21)12-7-3-2-4-8-12)15(20)19-14-10-6-5-9-13(14)17/h2-11H,1H3,(H,18,21)(H,19,20). The number of nitrogens with one attached hydrogen (secondary N) is 2. The fraction of sp³-hybridized carbons (Fsp3) is 0.125. The molecule has 0 saturated carbocycles. The molecule has 0 aliphatic carbocycles. The first kappa shape index (κ1) is 14.7. The van der Waals surface area contributed by atoms with Crippen molar-refractivity contribution >= 4 is 17.5 Å². The zero-order valence-electron chi connectivity index (χ0n) is 11.5. The lowest BCUT2D eigenvalue weighted by Gasteiger charge is -2.14. The largest absolute Gasteiger partial charge is 0.341 e. The number of amides is 2. The highest BCUT2D eigenvalue weighted by Crippen LogP contribution is 2.12. The number of hydrogen-bond acceptors (Lipinski definition) is 2. The molecule has 0 aliphatic heterocycles. The van der Waals surface area contributed by atoms with Crippen molar-refractivity contribution in [3.8, 4) is 0 Å². The Morgan fingerprint density at radius 1 is 1.00 bits per heavy atom. The number of rotatable bonds is 4. The smallest absolute Gasteiger partial charge is 0.251 e. The third-order valence-electron chi connectivity index (χ3n) is 2.91. The second kappa shape index (κ2) is 6.65. The third kappa shape index (κ3) is 3.89. The monoisotopic (exact) mass is 286 g/mol. The third-order valence-corrected chi connectivity index (χ3v) is 2.91. The molecule has 1 atom stereocenters. The van der Waals surface area contributed by atoms with Gasteiger partial charge in [-0.15, -0.1) is 0 Å². The lowest BCUT2D eigenvalue weighted by Crippen LogP contribution is -2.41. The summed E-state index contributed by atoms with van der Waals surface area (Å²) in [6.45, 7) is 1.54. The molecule has 0 radical (unpaired) electrons. The van der Waals surface area contributed by atoms with Gasteiger partial charge in [-0.3, -0.25) is 9.59 Å². The minimum absolute atomic E-state index is 0.0864. The minimum Gasteiger partial charge on any atom is -0.341 e. The maximum atomic E-state index is 13.4. The molecule has 1 unspecified atom stereocenters. The van der Waals surface area contributed by atoms with Crippen LogP contribution in [-0.4, -0.2) is 17.9 Å². The molecule has 5 heteroatoms. The summed E-state index contributed by atoms with van der Waals surface area (Å²) < 4.78 is 13.4. The van der Waals surface area contributed by atoms with Crippen LogP contribution in [0.4, 0.5) is 10.1 Å². The minimum atomic E-state index is -0.780. The summed E-state index contributed by atoms with van der Waals surface area (Å²) in [4.78, 5) is 23.9. The van der Waals surface area contributed by atoms with E-state index in [9.17, 15) is 14.0 Å². The van der Waals surface area contributed by atoms with Crippen LogP contribution in [0.15, 0.2) is 54.6 Å². The molecule has 0 bridgehead atoms. The van der Waals surface area contributed by atoms with E-state index in [1.54, 1.807) is 36.4 Å². The molecule has 2 N–H and O–H groups in total. The highest BCUT2D eigenvalue weighted by atomic mass is 19.1. The molecule has 4 nitrogen and oxygen atoms in total. The lowest BCUT2D eigenvalue weighted by molar-refractivity contribution is -0.117. The quantitative estimate of drug-likeness (QED) is 0.907. The summed E-state index contributed by atoms with van der Waals surface area (Å²) >= 11 is 0. The Morgan fingerprint density at radius 3 is 2.29 bits per heavy atom. The van der Waals surface area contributed by atoms with Crippen molar-refractivity contribution in [2.45, 2.75) is 13.0 Å². The number of carbonyl (C=O) groups excluding carboxylic acids is 2. The molecule has 2 rings (SSSR count). The first-order valence-electron chi connectivity index (χ1n) is 6.49. The molecule has 0 fully saturated rings. The number of hydrogen-bond donors (Lipinski definition) is 2. The Kier molecular flexibility index (Phi) is 4.66. The van der Waals surface area contributed by atoms with E-state index in [4.69, 9.17) is 0 Å². The first-order chi connectivity index (χ1) is 10.1. The van der Waals surface area contributed by atoms with Crippen molar-refractivity contribution in [1.82, 2.24) is 5.32 Å². The molecular formula is C16H15FN2O2. The van der Waals surface area contributed by atoms with Gasteiger partial charge in [0.05, 0.1) is 5.69 Å². The molecule has 0 aliphatic rings. The van der Waals surface area contributed by atoms with E-state index < -0.39 is 17.8 Å². The Hall–Kier alpha value is -2.69. The lowest BCUT2D eigenvalue weighted by atomic mass is 10.2. The van der Waals surface area contributed by atoms with Gasteiger partial charge in [0, 0.05) is 5.56 Å². The van der Waals surface area contributed by atoms with Gasteiger partial charge in [-0.05, 0) is 31.2 Å². The van der Waals surface area contributed by atoms with Crippen molar-refractivity contribution in [3.05, 3.63) is 66.0 Å². The number of carbonyl (C=O) groups is 2. The van der Waals surface area contributed by atoms with Gasteiger partial charge in [0.1, 0.15) is 11.9 Å². The van der Waals surface area contributed by atoms with Crippen LogP contribution in [0.2, 0.25) is 0 Å². The van der Waals surface area contributed by atoms with Gasteiger partial charge in [0.2, 0.25) is 5.91 Å². The normalized spacial score (nSPS) is 11.5. The SMILES string of the molecule is CC(NC(=O)c1ccccc1)C(=O)Nc1ccccc1F. The van der Waals surface area contributed by atoms with E-state index in [2.05, 4.69) is 10.6 Å². The Bertz CT molecular complexity index is 644. The average molecular weight is 286 g/mol. The fourth-order valence-electron chi connectivity index (χ4n) is 1.74. The predicted molar refractivity (Wildman–Crippen MR) is 78.4 cm³/mol. The van der Waals surface area contributed by atoms with Crippen LogP contribution in [0, 0.1) is 5.82 Å². The van der Waals surface area contributed by atoms with E-state index >= 15 is 0 Å². The predicted octanol–water partition coefficient (Wildman–Crippen LogP) is 2.58. The van der Waals surface area contributed by atoms with Gasteiger partial charge in [0.25, 0.3) is 5.91 Å². The molecule has 108 valence electrons. The van der Waals surface area contributed by atoms with Crippen LogP contribution >= 0.6 is 0 Å². The summed E-state index contributed by atoms with van der Waals surface area (Å²) in [6.07, 6.45) is 0. The Balaban J connectivity index is 1.97. The number of benzene rings is 2. The molecule has 21 heavy (non-hydrogen) atoms. The van der Waals surface area contributed by atoms with Gasteiger partial charge in [-0.1, -0.05) is 30.3 Å². The zero-order chi connectivity index (χ0) is 15.2. The van der Waals surface area contributed by atoms with Crippen molar-refractivity contribution in [1.29, 1.82) is 0 Å². The second-order valence-electron chi connectivity index (χ2n) is 4.53. The van der Waals surface area contributed by atoms with Gasteiger partial charge in [-0.25, -0.2) is 4.39 Å². The number of anilines is 1. The van der Waals surface area contributed by atoms with Crippen molar-refractivity contribution in [3.63, 3.8) is 0 Å². The van der Waals surface area contributed by atoms with Gasteiger partial charge in [-0.2, -0.15) is 0 Å². The summed E-state index contributed by atoms with van der Waals surface area (Å²) in [7, 11) is 0. The van der Waals surface area contributed by atoms with Crippen LogP contribution in [0.25, 0.3) is 0 Å².